The fourth-order valence-electron chi connectivity index (χ4n) is 2.60. The molecule has 1 atom stereocenters. The average molecular weight is 331 g/mol. The zero-order chi connectivity index (χ0) is 15.7. The molecular weight excluding hydrogens is 310 g/mol. The third-order valence-corrected chi connectivity index (χ3v) is 5.95. The predicted molar refractivity (Wildman–Crippen MR) is 83.8 cm³/mol. The summed E-state index contributed by atoms with van der Waals surface area (Å²) in [6.07, 6.45) is 0. The number of hydrogen-bond acceptors (Lipinski definition) is 4. The second kappa shape index (κ2) is 5.94. The lowest BCUT2D eigenvalue weighted by atomic mass is 9.74. The van der Waals surface area contributed by atoms with Crippen molar-refractivity contribution in [2.45, 2.75) is 19.9 Å². The van der Waals surface area contributed by atoms with Crippen molar-refractivity contribution in [2.75, 3.05) is 25.9 Å². The average Bonchev–Trinajstić information content (AvgIpc) is 2.89. The van der Waals surface area contributed by atoms with Crippen molar-refractivity contribution in [3.63, 3.8) is 0 Å². The number of rotatable bonds is 5. The zero-order valence-electron chi connectivity index (χ0n) is 12.4. The molecule has 8 heteroatoms. The summed E-state index contributed by atoms with van der Waals surface area (Å²) < 4.78 is 24.9. The van der Waals surface area contributed by atoms with E-state index in [1.807, 2.05) is 17.5 Å². The van der Waals surface area contributed by atoms with Crippen molar-refractivity contribution < 1.29 is 13.2 Å². The Morgan fingerprint density at radius 1 is 1.52 bits per heavy atom. The molecule has 0 aromatic carbocycles. The Morgan fingerprint density at radius 2 is 2.24 bits per heavy atom. The molecule has 1 aliphatic rings. The Morgan fingerprint density at radius 3 is 2.76 bits per heavy atom. The quantitative estimate of drug-likeness (QED) is 0.856. The first-order chi connectivity index (χ1) is 9.77. The lowest BCUT2D eigenvalue weighted by Crippen LogP contribution is -2.60. The largest absolute Gasteiger partial charge is 0.337 e. The first-order valence-electron chi connectivity index (χ1n) is 6.76. The Hall–Kier alpha value is -1.12. The van der Waals surface area contributed by atoms with Gasteiger partial charge in [-0.2, -0.15) is 0 Å². The van der Waals surface area contributed by atoms with Crippen LogP contribution in [0.2, 0.25) is 0 Å². The number of sulfonamides is 1. The smallest absolute Gasteiger partial charge is 0.318 e. The third-order valence-electron chi connectivity index (χ3n) is 3.66. The molecule has 0 bridgehead atoms. The van der Waals surface area contributed by atoms with Gasteiger partial charge in [0.2, 0.25) is 10.0 Å². The van der Waals surface area contributed by atoms with Crippen LogP contribution in [-0.2, 0) is 10.0 Å². The van der Waals surface area contributed by atoms with Crippen LogP contribution >= 0.6 is 11.3 Å². The molecule has 118 valence electrons. The van der Waals surface area contributed by atoms with E-state index in [2.05, 4.69) is 23.9 Å². The van der Waals surface area contributed by atoms with Crippen molar-refractivity contribution in [1.29, 1.82) is 0 Å². The summed E-state index contributed by atoms with van der Waals surface area (Å²) in [5.74, 6) is -0.115. The lowest BCUT2D eigenvalue weighted by Gasteiger charge is -2.53. The number of urea groups is 1. The monoisotopic (exact) mass is 331 g/mol. The van der Waals surface area contributed by atoms with Gasteiger partial charge in [-0.05, 0) is 18.5 Å². The highest BCUT2D eigenvalue weighted by Crippen LogP contribution is 2.49. The summed E-state index contributed by atoms with van der Waals surface area (Å²) in [4.78, 5) is 15.1. The first kappa shape index (κ1) is 16.3. The van der Waals surface area contributed by atoms with E-state index in [1.54, 1.807) is 16.2 Å². The molecule has 2 N–H and O–H groups in total. The second-order valence-electron chi connectivity index (χ2n) is 5.79. The van der Waals surface area contributed by atoms with Crippen molar-refractivity contribution in [1.82, 2.24) is 14.9 Å². The Labute approximate surface area is 129 Å². The van der Waals surface area contributed by atoms with Crippen LogP contribution in [0.1, 0.15) is 24.8 Å². The number of thiophene rings is 1. The van der Waals surface area contributed by atoms with Gasteiger partial charge in [0.05, 0.1) is 11.8 Å². The van der Waals surface area contributed by atoms with E-state index in [4.69, 9.17) is 0 Å². The summed E-state index contributed by atoms with van der Waals surface area (Å²) in [7, 11) is -1.93. The molecule has 2 rings (SSSR count). The van der Waals surface area contributed by atoms with Gasteiger partial charge < -0.3 is 10.2 Å². The maximum absolute atomic E-state index is 12.2. The molecule has 1 aliphatic heterocycles. The molecule has 2 heterocycles. The van der Waals surface area contributed by atoms with E-state index >= 15 is 0 Å². The molecule has 1 aromatic heterocycles. The van der Waals surface area contributed by atoms with Gasteiger partial charge in [0.1, 0.15) is 0 Å². The molecule has 6 nitrogen and oxygen atoms in total. The van der Waals surface area contributed by atoms with Gasteiger partial charge in [0.25, 0.3) is 0 Å². The van der Waals surface area contributed by atoms with E-state index < -0.39 is 10.0 Å². The maximum atomic E-state index is 12.2. The second-order valence-corrected chi connectivity index (χ2v) is 8.81. The Bertz CT molecular complexity index is 596. The molecular formula is C13H21N3O3S2. The van der Waals surface area contributed by atoms with Crippen molar-refractivity contribution in [2.24, 2.45) is 5.41 Å². The molecule has 1 saturated heterocycles. The number of amides is 2. The van der Waals surface area contributed by atoms with Crippen LogP contribution in [0.15, 0.2) is 17.5 Å². The molecule has 1 unspecified atom stereocenters. The minimum atomic E-state index is -3.29. The van der Waals surface area contributed by atoms with Gasteiger partial charge in [0, 0.05) is 23.4 Å². The Kier molecular flexibility index (Phi) is 4.60. The fraction of sp³-hybridized carbons (Fsp3) is 0.615. The normalized spacial score (nSPS) is 20.9. The third kappa shape index (κ3) is 3.56. The van der Waals surface area contributed by atoms with Crippen LogP contribution in [-0.4, -0.2) is 45.2 Å². The standard InChI is InChI=1S/C13H21N3O3S2/c1-13(2)9-16(11(13)10-5-4-7-20-10)12(17)15-6-8-21(18,19)14-3/h4-5,7,11,14H,6,8-9H2,1-3H3,(H,15,17). The number of nitrogens with one attached hydrogen (secondary N) is 2. The molecule has 1 aromatic rings. The highest BCUT2D eigenvalue weighted by molar-refractivity contribution is 7.89. The minimum Gasteiger partial charge on any atom is -0.337 e. The molecule has 2 amide bonds. The summed E-state index contributed by atoms with van der Waals surface area (Å²) >= 11 is 1.63. The summed E-state index contributed by atoms with van der Waals surface area (Å²) in [6.45, 7) is 5.04. The van der Waals surface area contributed by atoms with E-state index in [-0.39, 0.29) is 29.8 Å². The van der Waals surface area contributed by atoms with E-state index in [1.165, 1.54) is 7.05 Å². The minimum absolute atomic E-state index is 0.0409. The molecule has 1 fully saturated rings. The highest BCUT2D eigenvalue weighted by atomic mass is 32.2. The van der Waals surface area contributed by atoms with Gasteiger partial charge >= 0.3 is 6.03 Å². The van der Waals surface area contributed by atoms with Gasteiger partial charge in [0.15, 0.2) is 0 Å². The van der Waals surface area contributed by atoms with Crippen molar-refractivity contribution in [3.8, 4) is 0 Å². The van der Waals surface area contributed by atoms with Crippen LogP contribution in [0.4, 0.5) is 4.79 Å². The van der Waals surface area contributed by atoms with Crippen molar-refractivity contribution in [3.05, 3.63) is 22.4 Å². The van der Waals surface area contributed by atoms with Crippen molar-refractivity contribution >= 4 is 27.4 Å². The van der Waals surface area contributed by atoms with E-state index in [0.717, 1.165) is 4.88 Å². The molecule has 0 radical (unpaired) electrons. The van der Waals surface area contributed by atoms with Gasteiger partial charge in [-0.1, -0.05) is 19.9 Å². The zero-order valence-corrected chi connectivity index (χ0v) is 14.1. The summed E-state index contributed by atoms with van der Waals surface area (Å²) in [5, 5.41) is 4.68. The maximum Gasteiger partial charge on any atom is 0.318 e. The number of nitrogens with zero attached hydrogens (tertiary/aromatic N) is 1. The van der Waals surface area contributed by atoms with Gasteiger partial charge in [-0.15, -0.1) is 11.3 Å². The number of likely N-dealkylation sites (tertiary alicyclic amines) is 1. The predicted octanol–water partition coefficient (Wildman–Crippen LogP) is 1.39. The first-order valence-corrected chi connectivity index (χ1v) is 9.29. The van der Waals surface area contributed by atoms with E-state index in [9.17, 15) is 13.2 Å². The van der Waals surface area contributed by atoms with Crippen LogP contribution in [0.25, 0.3) is 0 Å². The van der Waals surface area contributed by atoms with Crippen LogP contribution in [0.5, 0.6) is 0 Å². The van der Waals surface area contributed by atoms with E-state index in [0.29, 0.717) is 6.54 Å². The van der Waals surface area contributed by atoms with Crippen LogP contribution < -0.4 is 10.0 Å². The number of hydrogen-bond donors (Lipinski definition) is 2. The van der Waals surface area contributed by atoms with Crippen LogP contribution in [0.3, 0.4) is 0 Å². The van der Waals surface area contributed by atoms with Gasteiger partial charge in [-0.3, -0.25) is 0 Å². The Balaban J connectivity index is 1.94. The summed E-state index contributed by atoms with van der Waals surface area (Å²) in [6, 6.07) is 3.85. The number of carbonyl (C=O) groups is 1. The molecule has 0 aliphatic carbocycles. The lowest BCUT2D eigenvalue weighted by molar-refractivity contribution is -0.0141. The molecule has 21 heavy (non-hydrogen) atoms. The van der Waals surface area contributed by atoms with Gasteiger partial charge in [-0.25, -0.2) is 17.9 Å². The molecule has 0 spiro atoms. The van der Waals surface area contributed by atoms with Crippen LogP contribution in [0, 0.1) is 5.41 Å². The topological polar surface area (TPSA) is 78.5 Å². The highest BCUT2D eigenvalue weighted by Gasteiger charge is 2.49. The fourth-order valence-corrected chi connectivity index (χ4v) is 4.22. The SMILES string of the molecule is CNS(=O)(=O)CCNC(=O)N1CC(C)(C)C1c1cccs1. The summed E-state index contributed by atoms with van der Waals surface area (Å²) in [5.41, 5.74) is 0.0409. The molecule has 0 saturated carbocycles. The number of carbonyl (C=O) groups excluding carboxylic acids is 1.